The highest BCUT2D eigenvalue weighted by Gasteiger charge is 2.27. The number of nitrogens with zero attached hydrogens (tertiary/aromatic N) is 1. The van der Waals surface area contributed by atoms with Gasteiger partial charge in [-0.1, -0.05) is 36.8 Å². The molecule has 4 nitrogen and oxygen atoms in total. The van der Waals surface area contributed by atoms with Crippen LogP contribution in [-0.2, 0) is 13.0 Å². The second-order valence-electron chi connectivity index (χ2n) is 8.32. The Labute approximate surface area is 175 Å². The van der Waals surface area contributed by atoms with Gasteiger partial charge in [0, 0.05) is 19.0 Å². The molecule has 29 heavy (non-hydrogen) atoms. The number of aliphatic hydroxyl groups excluding tert-OH is 1. The molecule has 1 aliphatic heterocycles. The molecule has 0 radical (unpaired) electrons. The zero-order chi connectivity index (χ0) is 20.8. The molecule has 1 aliphatic rings. The Kier molecular flexibility index (Phi) is 7.57. The normalized spacial score (nSPS) is 19.9. The summed E-state index contributed by atoms with van der Waals surface area (Å²) in [5, 5.41) is 10.5. The van der Waals surface area contributed by atoms with Crippen LogP contribution in [0, 0.1) is 19.8 Å². The summed E-state index contributed by atoms with van der Waals surface area (Å²) in [5.74, 6) is 1.78. The lowest BCUT2D eigenvalue weighted by Gasteiger charge is -2.36. The topological polar surface area (TPSA) is 41.9 Å². The second-order valence-corrected chi connectivity index (χ2v) is 8.32. The van der Waals surface area contributed by atoms with E-state index in [-0.39, 0.29) is 12.0 Å². The minimum absolute atomic E-state index is 0.227. The first-order valence-corrected chi connectivity index (χ1v) is 10.8. The highest BCUT2D eigenvalue weighted by Crippen LogP contribution is 2.31. The maximum atomic E-state index is 10.5. The van der Waals surface area contributed by atoms with E-state index in [1.165, 1.54) is 22.3 Å². The van der Waals surface area contributed by atoms with Crippen LogP contribution in [0.5, 0.6) is 11.5 Å². The zero-order valence-electron chi connectivity index (χ0n) is 18.3. The maximum absolute atomic E-state index is 10.5. The van der Waals surface area contributed by atoms with E-state index in [4.69, 9.17) is 9.47 Å². The molecule has 2 unspecified atom stereocenters. The fourth-order valence-corrected chi connectivity index (χ4v) is 4.19. The number of piperidine rings is 1. The third-order valence-electron chi connectivity index (χ3n) is 5.93. The van der Waals surface area contributed by atoms with Gasteiger partial charge in [0.1, 0.15) is 6.61 Å². The summed E-state index contributed by atoms with van der Waals surface area (Å²) < 4.78 is 11.7. The van der Waals surface area contributed by atoms with Gasteiger partial charge in [-0.15, -0.1) is 0 Å². The van der Waals surface area contributed by atoms with Gasteiger partial charge < -0.3 is 19.5 Å². The minimum atomic E-state index is -0.227. The van der Waals surface area contributed by atoms with Crippen LogP contribution in [0.1, 0.15) is 42.0 Å². The number of aryl methyl sites for hydroxylation is 2. The lowest BCUT2D eigenvalue weighted by Crippen LogP contribution is -2.44. The van der Waals surface area contributed by atoms with E-state index in [1.54, 1.807) is 7.11 Å². The number of methoxy groups -OCH3 is 1. The predicted molar refractivity (Wildman–Crippen MR) is 118 cm³/mol. The molecular formula is C25H35NO3. The van der Waals surface area contributed by atoms with E-state index in [2.05, 4.69) is 56.0 Å². The van der Waals surface area contributed by atoms with Crippen LogP contribution in [0.2, 0.25) is 0 Å². The molecule has 2 atom stereocenters. The number of ether oxygens (including phenoxy) is 2. The van der Waals surface area contributed by atoms with Crippen molar-refractivity contribution in [2.45, 2.75) is 52.7 Å². The summed E-state index contributed by atoms with van der Waals surface area (Å²) in [4.78, 5) is 2.47. The largest absolute Gasteiger partial charge is 0.493 e. The molecule has 0 aliphatic carbocycles. The van der Waals surface area contributed by atoms with E-state index < -0.39 is 0 Å². The number of likely N-dealkylation sites (tertiary alicyclic amines) is 1. The third-order valence-corrected chi connectivity index (χ3v) is 5.93. The maximum Gasteiger partial charge on any atom is 0.161 e. The van der Waals surface area contributed by atoms with Crippen molar-refractivity contribution in [3.05, 3.63) is 58.7 Å². The Morgan fingerprint density at radius 2 is 1.93 bits per heavy atom. The van der Waals surface area contributed by atoms with Crippen molar-refractivity contribution in [1.29, 1.82) is 0 Å². The molecule has 1 N–H and O–H groups in total. The van der Waals surface area contributed by atoms with E-state index in [0.29, 0.717) is 6.61 Å². The van der Waals surface area contributed by atoms with Crippen LogP contribution in [0.4, 0.5) is 0 Å². The average molecular weight is 398 g/mol. The molecular weight excluding hydrogens is 362 g/mol. The highest BCUT2D eigenvalue weighted by molar-refractivity contribution is 5.43. The van der Waals surface area contributed by atoms with Gasteiger partial charge in [-0.3, -0.25) is 0 Å². The first kappa shape index (κ1) is 21.7. The van der Waals surface area contributed by atoms with Gasteiger partial charge in [0.05, 0.1) is 13.2 Å². The molecule has 1 fully saturated rings. The monoisotopic (exact) mass is 397 g/mol. The van der Waals surface area contributed by atoms with Crippen LogP contribution in [-0.4, -0.2) is 42.9 Å². The molecule has 3 rings (SSSR count). The molecule has 158 valence electrons. The van der Waals surface area contributed by atoms with Crippen LogP contribution < -0.4 is 9.47 Å². The molecule has 2 aromatic carbocycles. The zero-order valence-corrected chi connectivity index (χ0v) is 18.3. The fraction of sp³-hybridized carbons (Fsp3) is 0.520. The second kappa shape index (κ2) is 10.1. The Morgan fingerprint density at radius 1 is 1.10 bits per heavy atom. The molecule has 0 aromatic heterocycles. The molecule has 1 heterocycles. The summed E-state index contributed by atoms with van der Waals surface area (Å²) >= 11 is 0. The molecule has 4 heteroatoms. The van der Waals surface area contributed by atoms with Gasteiger partial charge in [-0.25, -0.2) is 0 Å². The Bertz CT molecular complexity index is 805. The summed E-state index contributed by atoms with van der Waals surface area (Å²) in [5.41, 5.74) is 4.84. The van der Waals surface area contributed by atoms with Crippen molar-refractivity contribution < 1.29 is 14.6 Å². The third kappa shape index (κ3) is 5.74. The summed E-state index contributed by atoms with van der Waals surface area (Å²) in [6.07, 6.45) is 2.64. The Morgan fingerprint density at radius 3 is 2.69 bits per heavy atom. The molecule has 0 saturated carbocycles. The van der Waals surface area contributed by atoms with Crippen molar-refractivity contribution in [3.8, 4) is 11.5 Å². The lowest BCUT2D eigenvalue weighted by molar-refractivity contribution is 0.0270. The first-order valence-electron chi connectivity index (χ1n) is 10.8. The van der Waals surface area contributed by atoms with Crippen molar-refractivity contribution in [2.75, 3.05) is 26.7 Å². The van der Waals surface area contributed by atoms with Crippen LogP contribution in [0.15, 0.2) is 36.4 Å². The Balaban J connectivity index is 1.67. The number of benzene rings is 2. The smallest absolute Gasteiger partial charge is 0.161 e. The molecule has 0 spiro atoms. The van der Waals surface area contributed by atoms with Crippen molar-refractivity contribution in [1.82, 2.24) is 4.90 Å². The van der Waals surface area contributed by atoms with Crippen LogP contribution >= 0.6 is 0 Å². The quantitative estimate of drug-likeness (QED) is 0.711. The van der Waals surface area contributed by atoms with Gasteiger partial charge in [0.25, 0.3) is 0 Å². The van der Waals surface area contributed by atoms with E-state index in [1.807, 2.05) is 6.07 Å². The first-order chi connectivity index (χ1) is 14.0. The van der Waals surface area contributed by atoms with Gasteiger partial charge in [-0.05, 0) is 68.5 Å². The van der Waals surface area contributed by atoms with E-state index >= 15 is 0 Å². The van der Waals surface area contributed by atoms with Crippen molar-refractivity contribution >= 4 is 0 Å². The summed E-state index contributed by atoms with van der Waals surface area (Å²) in [7, 11) is 1.68. The van der Waals surface area contributed by atoms with Crippen LogP contribution in [0.25, 0.3) is 0 Å². The van der Waals surface area contributed by atoms with Gasteiger partial charge >= 0.3 is 0 Å². The van der Waals surface area contributed by atoms with Gasteiger partial charge in [0.15, 0.2) is 11.5 Å². The lowest BCUT2D eigenvalue weighted by atomic mass is 9.88. The molecule has 1 saturated heterocycles. The fourth-order valence-electron chi connectivity index (χ4n) is 4.19. The SMILES string of the molecule is CCCN1CCC(O)C(Cc2ccc(OCc3cc(C)ccc3C)c(OC)c2)C1. The van der Waals surface area contributed by atoms with Crippen molar-refractivity contribution in [2.24, 2.45) is 5.92 Å². The predicted octanol–water partition coefficient (Wildman–Crippen LogP) is 4.53. The average Bonchev–Trinajstić information content (AvgIpc) is 2.72. The standard InChI is InChI=1S/C25H35NO3/c1-5-11-26-12-10-23(27)21(16-26)14-20-8-9-24(25(15-20)28-4)29-17-22-13-18(2)6-7-19(22)3/h6-9,13,15,21,23,27H,5,10-12,14,16-17H2,1-4H3. The number of hydrogen-bond donors (Lipinski definition) is 1. The highest BCUT2D eigenvalue weighted by atomic mass is 16.5. The Hall–Kier alpha value is -2.04. The van der Waals surface area contributed by atoms with Gasteiger partial charge in [0.2, 0.25) is 0 Å². The van der Waals surface area contributed by atoms with E-state index in [9.17, 15) is 5.11 Å². The summed E-state index contributed by atoms with van der Waals surface area (Å²) in [6.45, 7) is 10.0. The van der Waals surface area contributed by atoms with E-state index in [0.717, 1.165) is 50.4 Å². The van der Waals surface area contributed by atoms with Crippen LogP contribution in [0.3, 0.4) is 0 Å². The van der Waals surface area contributed by atoms with Crippen molar-refractivity contribution in [3.63, 3.8) is 0 Å². The molecule has 2 aromatic rings. The minimum Gasteiger partial charge on any atom is -0.493 e. The molecule has 0 amide bonds. The van der Waals surface area contributed by atoms with Gasteiger partial charge in [-0.2, -0.15) is 0 Å². The summed E-state index contributed by atoms with van der Waals surface area (Å²) in [6, 6.07) is 12.6. The molecule has 0 bridgehead atoms. The number of rotatable bonds is 8. The number of aliphatic hydroxyl groups is 1. The number of hydrogen-bond acceptors (Lipinski definition) is 4.